The fourth-order valence-corrected chi connectivity index (χ4v) is 2.02. The van der Waals surface area contributed by atoms with Gasteiger partial charge in [0.25, 0.3) is 0 Å². The lowest BCUT2D eigenvalue weighted by Crippen LogP contribution is -2.18. The van der Waals surface area contributed by atoms with Gasteiger partial charge in [0.15, 0.2) is 0 Å². The minimum absolute atomic E-state index is 0.0866. The number of nitrogens with zero attached hydrogens (tertiary/aromatic N) is 1. The van der Waals surface area contributed by atoms with Crippen molar-refractivity contribution < 1.29 is 8.42 Å². The number of benzene rings is 1. The highest BCUT2D eigenvalue weighted by Crippen LogP contribution is 2.17. The third-order valence-electron chi connectivity index (χ3n) is 2.15. The molecule has 4 nitrogen and oxygen atoms in total. The van der Waals surface area contributed by atoms with Gasteiger partial charge in [-0.3, -0.25) is 4.72 Å². The highest BCUT2D eigenvalue weighted by atomic mass is 32.2. The number of hydrogen-bond acceptors (Lipinski definition) is 3. The molecule has 16 heavy (non-hydrogen) atoms. The Hall–Kier alpha value is -1.07. The minimum atomic E-state index is -3.20. The number of anilines is 1. The van der Waals surface area contributed by atoms with Crippen molar-refractivity contribution >= 4 is 15.7 Å². The number of sulfonamides is 1. The van der Waals surface area contributed by atoms with Crippen molar-refractivity contribution in [1.82, 2.24) is 4.90 Å². The molecule has 90 valence electrons. The lowest BCUT2D eigenvalue weighted by atomic mass is 10.2. The molecule has 1 aromatic carbocycles. The van der Waals surface area contributed by atoms with E-state index in [1.54, 1.807) is 13.0 Å². The van der Waals surface area contributed by atoms with Gasteiger partial charge in [-0.2, -0.15) is 0 Å². The van der Waals surface area contributed by atoms with Crippen LogP contribution in [-0.2, 0) is 16.6 Å². The van der Waals surface area contributed by atoms with Crippen molar-refractivity contribution in [3.8, 4) is 0 Å². The summed E-state index contributed by atoms with van der Waals surface area (Å²) in [7, 11) is 0.700. The Morgan fingerprint density at radius 3 is 2.44 bits per heavy atom. The molecule has 0 amide bonds. The molecule has 5 heteroatoms. The van der Waals surface area contributed by atoms with E-state index in [0.29, 0.717) is 12.2 Å². The molecule has 0 saturated heterocycles. The molecule has 0 aromatic heterocycles. The van der Waals surface area contributed by atoms with Gasteiger partial charge < -0.3 is 4.90 Å². The molecule has 0 aliphatic rings. The largest absolute Gasteiger partial charge is 0.305 e. The second-order valence-electron chi connectivity index (χ2n) is 3.90. The Morgan fingerprint density at radius 2 is 1.88 bits per heavy atom. The summed E-state index contributed by atoms with van der Waals surface area (Å²) in [4.78, 5) is 2.00. The van der Waals surface area contributed by atoms with Crippen molar-refractivity contribution in [3.05, 3.63) is 29.8 Å². The van der Waals surface area contributed by atoms with E-state index in [0.717, 1.165) is 5.56 Å². The summed E-state index contributed by atoms with van der Waals surface area (Å²) in [6, 6.07) is 7.44. The summed E-state index contributed by atoms with van der Waals surface area (Å²) in [6.45, 7) is 2.33. The summed E-state index contributed by atoms with van der Waals surface area (Å²) in [6.07, 6.45) is 0. The summed E-state index contributed by atoms with van der Waals surface area (Å²) >= 11 is 0. The Bertz CT molecular complexity index is 441. The van der Waals surface area contributed by atoms with E-state index in [2.05, 4.69) is 4.72 Å². The van der Waals surface area contributed by atoms with Crippen LogP contribution in [0.5, 0.6) is 0 Å². The van der Waals surface area contributed by atoms with E-state index in [-0.39, 0.29) is 5.75 Å². The molecule has 1 aromatic rings. The quantitative estimate of drug-likeness (QED) is 0.851. The molecule has 0 fully saturated rings. The van der Waals surface area contributed by atoms with Crippen LogP contribution in [0.15, 0.2) is 24.3 Å². The van der Waals surface area contributed by atoms with Crippen LogP contribution in [0.4, 0.5) is 5.69 Å². The van der Waals surface area contributed by atoms with Gasteiger partial charge in [0.1, 0.15) is 0 Å². The van der Waals surface area contributed by atoms with Crippen molar-refractivity contribution in [2.24, 2.45) is 0 Å². The predicted molar refractivity (Wildman–Crippen MR) is 66.9 cm³/mol. The average Bonchev–Trinajstić information content (AvgIpc) is 2.20. The summed E-state index contributed by atoms with van der Waals surface area (Å²) < 4.78 is 25.6. The zero-order chi connectivity index (χ0) is 12.2. The highest BCUT2D eigenvalue weighted by molar-refractivity contribution is 7.92. The topological polar surface area (TPSA) is 49.4 Å². The molecule has 0 unspecified atom stereocenters. The van der Waals surface area contributed by atoms with E-state index >= 15 is 0 Å². The number of hydrogen-bond donors (Lipinski definition) is 1. The van der Waals surface area contributed by atoms with Gasteiger partial charge in [-0.05, 0) is 32.6 Å². The Morgan fingerprint density at radius 1 is 1.25 bits per heavy atom. The van der Waals surface area contributed by atoms with Crippen molar-refractivity contribution in [2.45, 2.75) is 13.5 Å². The van der Waals surface area contributed by atoms with Gasteiger partial charge in [-0.15, -0.1) is 0 Å². The van der Waals surface area contributed by atoms with Crippen LogP contribution in [0.2, 0.25) is 0 Å². The number of para-hydroxylation sites is 1. The Kier molecular flexibility index (Phi) is 4.32. The normalized spacial score (nSPS) is 11.8. The number of rotatable bonds is 5. The van der Waals surface area contributed by atoms with E-state index in [1.165, 1.54) is 0 Å². The maximum Gasteiger partial charge on any atom is 0.232 e. The average molecular weight is 242 g/mol. The van der Waals surface area contributed by atoms with Crippen LogP contribution in [0.3, 0.4) is 0 Å². The minimum Gasteiger partial charge on any atom is -0.305 e. The van der Waals surface area contributed by atoms with E-state index in [9.17, 15) is 8.42 Å². The van der Waals surface area contributed by atoms with Crippen molar-refractivity contribution in [3.63, 3.8) is 0 Å². The fraction of sp³-hybridized carbons (Fsp3) is 0.455. The van der Waals surface area contributed by atoms with Gasteiger partial charge in [0.05, 0.1) is 11.4 Å². The first-order valence-corrected chi connectivity index (χ1v) is 6.83. The smallest absolute Gasteiger partial charge is 0.232 e. The van der Waals surface area contributed by atoms with Crippen molar-refractivity contribution in [1.29, 1.82) is 0 Å². The van der Waals surface area contributed by atoms with Crippen molar-refractivity contribution in [2.75, 3.05) is 24.6 Å². The maximum absolute atomic E-state index is 11.5. The first-order valence-electron chi connectivity index (χ1n) is 5.17. The molecular weight excluding hydrogens is 224 g/mol. The summed E-state index contributed by atoms with van der Waals surface area (Å²) in [5, 5.41) is 0. The zero-order valence-electron chi connectivity index (χ0n) is 9.90. The molecule has 0 atom stereocenters. The van der Waals surface area contributed by atoms with Gasteiger partial charge in [0, 0.05) is 6.54 Å². The SMILES string of the molecule is CCS(=O)(=O)Nc1ccccc1CN(C)C. The monoisotopic (exact) mass is 242 g/mol. The summed E-state index contributed by atoms with van der Waals surface area (Å²) in [5.41, 5.74) is 1.64. The van der Waals surface area contributed by atoms with Crippen LogP contribution < -0.4 is 4.72 Å². The molecular formula is C11H18N2O2S. The molecule has 0 radical (unpaired) electrons. The van der Waals surface area contributed by atoms with Gasteiger partial charge in [-0.25, -0.2) is 8.42 Å². The standard InChI is InChI=1S/C11H18N2O2S/c1-4-16(14,15)12-11-8-6-5-7-10(11)9-13(2)3/h5-8,12H,4,9H2,1-3H3. The fourth-order valence-electron chi connectivity index (χ4n) is 1.34. The van der Waals surface area contributed by atoms with E-state index in [1.807, 2.05) is 37.2 Å². The lowest BCUT2D eigenvalue weighted by molar-refractivity contribution is 0.403. The predicted octanol–water partition coefficient (Wildman–Crippen LogP) is 1.51. The van der Waals surface area contributed by atoms with Crippen LogP contribution in [0, 0.1) is 0 Å². The van der Waals surface area contributed by atoms with Crippen LogP contribution in [0.25, 0.3) is 0 Å². The highest BCUT2D eigenvalue weighted by Gasteiger charge is 2.10. The Balaban J connectivity index is 2.95. The lowest BCUT2D eigenvalue weighted by Gasteiger charge is -2.15. The molecule has 0 spiro atoms. The summed E-state index contributed by atoms with van der Waals surface area (Å²) in [5.74, 6) is 0.0866. The zero-order valence-corrected chi connectivity index (χ0v) is 10.7. The third-order valence-corrected chi connectivity index (χ3v) is 3.44. The molecule has 1 rings (SSSR count). The second kappa shape index (κ2) is 5.32. The molecule has 0 aliphatic carbocycles. The van der Waals surface area contributed by atoms with Gasteiger partial charge in [-0.1, -0.05) is 18.2 Å². The molecule has 1 N–H and O–H groups in total. The number of nitrogens with one attached hydrogen (secondary N) is 1. The second-order valence-corrected chi connectivity index (χ2v) is 5.91. The molecule has 0 saturated carbocycles. The third kappa shape index (κ3) is 3.83. The van der Waals surface area contributed by atoms with Crippen LogP contribution in [0.1, 0.15) is 12.5 Å². The van der Waals surface area contributed by atoms with E-state index < -0.39 is 10.0 Å². The Labute approximate surface area is 97.3 Å². The van der Waals surface area contributed by atoms with Gasteiger partial charge >= 0.3 is 0 Å². The first kappa shape index (κ1) is 13.0. The van der Waals surface area contributed by atoms with Crippen LogP contribution >= 0.6 is 0 Å². The van der Waals surface area contributed by atoms with Crippen LogP contribution in [-0.4, -0.2) is 33.2 Å². The molecule has 0 bridgehead atoms. The molecule has 0 heterocycles. The van der Waals surface area contributed by atoms with Gasteiger partial charge in [0.2, 0.25) is 10.0 Å². The molecule has 0 aliphatic heterocycles. The van der Waals surface area contributed by atoms with E-state index in [4.69, 9.17) is 0 Å². The first-order chi connectivity index (χ1) is 7.44. The maximum atomic E-state index is 11.5.